The summed E-state index contributed by atoms with van der Waals surface area (Å²) in [7, 11) is 1.68. The minimum absolute atomic E-state index is 0.0913. The first-order valence-electron chi connectivity index (χ1n) is 5.15. The molecule has 1 N–H and O–H groups in total. The summed E-state index contributed by atoms with van der Waals surface area (Å²) in [6.45, 7) is 2.22. The maximum absolute atomic E-state index is 10.8. The van der Waals surface area contributed by atoms with Crippen LogP contribution >= 0.6 is 11.8 Å². The zero-order chi connectivity index (χ0) is 9.94. The molecule has 0 spiro atoms. The lowest BCUT2D eigenvalue weighted by Crippen LogP contribution is -2.11. The van der Waals surface area contributed by atoms with E-state index < -0.39 is 0 Å². The molecule has 0 aliphatic carbocycles. The van der Waals surface area contributed by atoms with Gasteiger partial charge in [0.05, 0.1) is 0 Å². The zero-order valence-electron chi connectivity index (χ0n) is 8.77. The summed E-state index contributed by atoms with van der Waals surface area (Å²) in [4.78, 5) is 10.8. The predicted octanol–water partition coefficient (Wildman–Crippen LogP) is 3.42. The van der Waals surface area contributed by atoms with Gasteiger partial charge >= 0.3 is 0 Å². The van der Waals surface area contributed by atoms with Crippen molar-refractivity contribution < 1.29 is 4.79 Å². The number of amides is 1. The van der Waals surface area contributed by atoms with Crippen molar-refractivity contribution in [2.75, 3.05) is 12.8 Å². The van der Waals surface area contributed by atoms with Crippen molar-refractivity contribution in [1.82, 2.24) is 5.32 Å². The summed E-state index contributed by atoms with van der Waals surface area (Å²) in [6, 6.07) is 0. The highest BCUT2D eigenvalue weighted by molar-refractivity contribution is 8.13. The van der Waals surface area contributed by atoms with Gasteiger partial charge in [-0.1, -0.05) is 50.8 Å². The normalized spacial score (nSPS) is 10.0. The van der Waals surface area contributed by atoms with Gasteiger partial charge in [-0.2, -0.15) is 0 Å². The Hall–Kier alpha value is -0.180. The number of unbranched alkanes of at least 4 members (excludes halogenated alkanes) is 5. The van der Waals surface area contributed by atoms with Crippen LogP contribution in [0.2, 0.25) is 0 Å². The quantitative estimate of drug-likeness (QED) is 0.642. The molecule has 13 heavy (non-hydrogen) atoms. The minimum atomic E-state index is 0.0913. The van der Waals surface area contributed by atoms with Crippen LogP contribution in [0.4, 0.5) is 4.79 Å². The van der Waals surface area contributed by atoms with Crippen LogP contribution < -0.4 is 5.32 Å². The number of carbonyl (C=O) groups excluding carboxylic acids is 1. The first kappa shape index (κ1) is 12.8. The third kappa shape index (κ3) is 9.74. The Kier molecular flexibility index (Phi) is 9.77. The number of thioether (sulfide) groups is 1. The van der Waals surface area contributed by atoms with Crippen LogP contribution in [-0.4, -0.2) is 18.0 Å². The number of rotatable bonds is 7. The van der Waals surface area contributed by atoms with Gasteiger partial charge in [0, 0.05) is 12.8 Å². The lowest BCUT2D eigenvalue weighted by atomic mass is 10.1. The molecule has 0 aromatic heterocycles. The van der Waals surface area contributed by atoms with E-state index in [0.29, 0.717) is 0 Å². The van der Waals surface area contributed by atoms with E-state index >= 15 is 0 Å². The average molecular weight is 203 g/mol. The lowest BCUT2D eigenvalue weighted by molar-refractivity contribution is 0.262. The van der Waals surface area contributed by atoms with Gasteiger partial charge in [-0.05, 0) is 6.42 Å². The second kappa shape index (κ2) is 9.90. The van der Waals surface area contributed by atoms with Crippen LogP contribution in [-0.2, 0) is 0 Å². The van der Waals surface area contributed by atoms with E-state index in [2.05, 4.69) is 12.2 Å². The van der Waals surface area contributed by atoms with Gasteiger partial charge in [-0.25, -0.2) is 0 Å². The molecule has 0 aromatic rings. The largest absolute Gasteiger partial charge is 0.350 e. The fourth-order valence-corrected chi connectivity index (χ4v) is 1.80. The van der Waals surface area contributed by atoms with E-state index in [0.717, 1.165) is 5.75 Å². The van der Waals surface area contributed by atoms with Crippen LogP contribution in [0, 0.1) is 0 Å². The summed E-state index contributed by atoms with van der Waals surface area (Å²) in [5.74, 6) is 0.964. The van der Waals surface area contributed by atoms with Gasteiger partial charge in [0.1, 0.15) is 0 Å². The van der Waals surface area contributed by atoms with Crippen LogP contribution in [0.5, 0.6) is 0 Å². The third-order valence-electron chi connectivity index (χ3n) is 1.94. The van der Waals surface area contributed by atoms with Gasteiger partial charge < -0.3 is 5.32 Å². The van der Waals surface area contributed by atoms with Crippen LogP contribution in [0.15, 0.2) is 0 Å². The standard InChI is InChI=1S/C10H21NOS/c1-3-4-5-6-7-8-9-13-10(12)11-2/h3-9H2,1-2H3,(H,11,12). The Bertz CT molecular complexity index is 128. The van der Waals surface area contributed by atoms with Gasteiger partial charge in [0.25, 0.3) is 5.24 Å². The number of nitrogens with one attached hydrogen (secondary N) is 1. The summed E-state index contributed by atoms with van der Waals surface area (Å²) in [5, 5.41) is 2.69. The fourth-order valence-electron chi connectivity index (χ4n) is 1.12. The van der Waals surface area contributed by atoms with Gasteiger partial charge in [-0.3, -0.25) is 4.79 Å². The molecule has 0 fully saturated rings. The Morgan fingerprint density at radius 1 is 1.15 bits per heavy atom. The first-order valence-corrected chi connectivity index (χ1v) is 6.14. The molecule has 0 aliphatic heterocycles. The van der Waals surface area contributed by atoms with E-state index in [1.807, 2.05) is 0 Å². The second-order valence-corrected chi connectivity index (χ2v) is 4.22. The first-order chi connectivity index (χ1) is 6.31. The Balaban J connectivity index is 2.95. The molecule has 0 heterocycles. The molecular formula is C10H21NOS. The number of carbonyl (C=O) groups is 1. The lowest BCUT2D eigenvalue weighted by Gasteiger charge is -2.00. The van der Waals surface area contributed by atoms with Crippen LogP contribution in [0.25, 0.3) is 0 Å². The summed E-state index contributed by atoms with van der Waals surface area (Å²) in [6.07, 6.45) is 7.75. The zero-order valence-corrected chi connectivity index (χ0v) is 9.58. The Morgan fingerprint density at radius 3 is 2.38 bits per heavy atom. The van der Waals surface area contributed by atoms with Crippen molar-refractivity contribution in [3.05, 3.63) is 0 Å². The highest BCUT2D eigenvalue weighted by Crippen LogP contribution is 2.09. The molecule has 0 bridgehead atoms. The molecule has 0 radical (unpaired) electrons. The monoisotopic (exact) mass is 203 g/mol. The van der Waals surface area contributed by atoms with Crippen molar-refractivity contribution >= 4 is 17.0 Å². The topological polar surface area (TPSA) is 29.1 Å². The van der Waals surface area contributed by atoms with Gasteiger partial charge in [0.15, 0.2) is 0 Å². The molecule has 78 valence electrons. The maximum atomic E-state index is 10.8. The molecule has 2 nitrogen and oxygen atoms in total. The van der Waals surface area contributed by atoms with E-state index in [-0.39, 0.29) is 5.24 Å². The molecule has 3 heteroatoms. The molecular weight excluding hydrogens is 182 g/mol. The summed E-state index contributed by atoms with van der Waals surface area (Å²) < 4.78 is 0. The summed E-state index contributed by atoms with van der Waals surface area (Å²) in [5.41, 5.74) is 0. The van der Waals surface area contributed by atoms with E-state index in [1.54, 1.807) is 7.05 Å². The molecule has 0 saturated heterocycles. The van der Waals surface area contributed by atoms with E-state index in [4.69, 9.17) is 0 Å². The van der Waals surface area contributed by atoms with E-state index in [9.17, 15) is 4.79 Å². The van der Waals surface area contributed by atoms with Crippen molar-refractivity contribution in [3.63, 3.8) is 0 Å². The highest BCUT2D eigenvalue weighted by Gasteiger charge is 1.97. The predicted molar refractivity (Wildman–Crippen MR) is 60.3 cm³/mol. The molecule has 0 aliphatic rings. The SMILES string of the molecule is CCCCCCCCSC(=O)NC. The minimum Gasteiger partial charge on any atom is -0.350 e. The van der Waals surface area contributed by atoms with Gasteiger partial charge in [-0.15, -0.1) is 0 Å². The number of hydrogen-bond acceptors (Lipinski definition) is 2. The number of hydrogen-bond donors (Lipinski definition) is 1. The molecule has 1 amide bonds. The van der Waals surface area contributed by atoms with Crippen molar-refractivity contribution in [3.8, 4) is 0 Å². The fraction of sp³-hybridized carbons (Fsp3) is 0.900. The van der Waals surface area contributed by atoms with Gasteiger partial charge in [0.2, 0.25) is 0 Å². The second-order valence-electron chi connectivity index (χ2n) is 3.15. The maximum Gasteiger partial charge on any atom is 0.278 e. The van der Waals surface area contributed by atoms with Crippen molar-refractivity contribution in [2.24, 2.45) is 0 Å². The molecule has 0 aromatic carbocycles. The molecule has 0 unspecified atom stereocenters. The van der Waals surface area contributed by atoms with Crippen molar-refractivity contribution in [2.45, 2.75) is 45.4 Å². The van der Waals surface area contributed by atoms with Crippen molar-refractivity contribution in [1.29, 1.82) is 0 Å². The van der Waals surface area contributed by atoms with Crippen LogP contribution in [0.3, 0.4) is 0 Å². The Morgan fingerprint density at radius 2 is 1.77 bits per heavy atom. The Labute approximate surface area is 85.9 Å². The van der Waals surface area contributed by atoms with E-state index in [1.165, 1.54) is 50.3 Å². The smallest absolute Gasteiger partial charge is 0.278 e. The molecule has 0 rings (SSSR count). The summed E-state index contributed by atoms with van der Waals surface area (Å²) >= 11 is 1.39. The molecule has 0 saturated carbocycles. The highest BCUT2D eigenvalue weighted by atomic mass is 32.2. The van der Waals surface area contributed by atoms with Crippen LogP contribution in [0.1, 0.15) is 45.4 Å². The molecule has 0 atom stereocenters. The average Bonchev–Trinajstić information content (AvgIpc) is 2.16. The third-order valence-corrected chi connectivity index (χ3v) is 2.89.